The number of carbonyl (C=O) groups is 3. The van der Waals surface area contributed by atoms with Gasteiger partial charge < -0.3 is 4.74 Å². The number of halogens is 1. The highest BCUT2D eigenvalue weighted by Crippen LogP contribution is 2.22. The first kappa shape index (κ1) is 13.3. The molecule has 0 radical (unpaired) electrons. The zero-order valence-electron chi connectivity index (χ0n) is 10.1. The average molecular weight is 280 g/mol. The summed E-state index contributed by atoms with van der Waals surface area (Å²) < 4.78 is 4.90. The Morgan fingerprint density at radius 1 is 1.32 bits per heavy atom. The van der Waals surface area contributed by atoms with Crippen molar-refractivity contribution < 1.29 is 19.1 Å². The lowest BCUT2D eigenvalue weighted by Gasteiger charge is -2.03. The maximum atomic E-state index is 11.8. The highest BCUT2D eigenvalue weighted by molar-refractivity contribution is 6.25. The van der Waals surface area contributed by atoms with Gasteiger partial charge in [-0.25, -0.2) is 4.79 Å². The lowest BCUT2D eigenvalue weighted by Crippen LogP contribution is -2.24. The first-order chi connectivity index (χ1) is 9.06. The summed E-state index contributed by atoms with van der Waals surface area (Å²) in [7, 11) is 1.40. The van der Waals surface area contributed by atoms with E-state index in [0.717, 1.165) is 4.90 Å². The molecule has 0 atom stereocenters. The summed E-state index contributed by atoms with van der Waals surface area (Å²) in [5.74, 6) is -1.37. The van der Waals surface area contributed by atoms with Crippen molar-refractivity contribution in [2.75, 3.05) is 13.7 Å². The van der Waals surface area contributed by atoms with Gasteiger partial charge in [0.15, 0.2) is 0 Å². The molecule has 0 bridgehead atoms. The summed E-state index contributed by atoms with van der Waals surface area (Å²) in [5.41, 5.74) is 1.98. The molecule has 0 aromatic heterocycles. The number of nitrogens with zero attached hydrogens (tertiary/aromatic N) is 1. The van der Waals surface area contributed by atoms with Gasteiger partial charge in [0.25, 0.3) is 11.8 Å². The van der Waals surface area contributed by atoms with Crippen LogP contribution in [-0.2, 0) is 4.74 Å². The standard InChI is InChI=1S/C13H10ClNO4/c1-15-11(16)9-4-3-8(7-10(9)12(15)17)13(18)19-6-2-5-14/h2-5,7H,6H2,1H3. The largest absolute Gasteiger partial charge is 0.458 e. The predicted octanol–water partition coefficient (Wildman–Crippen LogP) is 1.82. The van der Waals surface area contributed by atoms with Crippen molar-refractivity contribution in [2.24, 2.45) is 0 Å². The number of amides is 2. The molecular weight excluding hydrogens is 270 g/mol. The highest BCUT2D eigenvalue weighted by Gasteiger charge is 2.33. The van der Waals surface area contributed by atoms with Crippen LogP contribution in [0.1, 0.15) is 31.1 Å². The Bertz CT molecular complexity index is 594. The molecule has 1 aromatic carbocycles. The van der Waals surface area contributed by atoms with E-state index < -0.39 is 11.9 Å². The van der Waals surface area contributed by atoms with Crippen LogP contribution in [0.25, 0.3) is 0 Å². The van der Waals surface area contributed by atoms with Crippen LogP contribution in [0.4, 0.5) is 0 Å². The van der Waals surface area contributed by atoms with Crippen LogP contribution in [0, 0.1) is 0 Å². The van der Waals surface area contributed by atoms with Gasteiger partial charge in [0, 0.05) is 12.6 Å². The number of hydrogen-bond acceptors (Lipinski definition) is 4. The highest BCUT2D eigenvalue weighted by atomic mass is 35.5. The van der Waals surface area contributed by atoms with Crippen molar-refractivity contribution in [3.63, 3.8) is 0 Å². The molecule has 19 heavy (non-hydrogen) atoms. The van der Waals surface area contributed by atoms with E-state index in [1.165, 1.54) is 36.9 Å². The fourth-order valence-electron chi connectivity index (χ4n) is 1.73. The van der Waals surface area contributed by atoms with Crippen LogP contribution < -0.4 is 0 Å². The first-order valence-electron chi connectivity index (χ1n) is 5.45. The summed E-state index contributed by atoms with van der Waals surface area (Å²) in [4.78, 5) is 36.1. The van der Waals surface area contributed by atoms with E-state index in [2.05, 4.69) is 0 Å². The van der Waals surface area contributed by atoms with E-state index in [0.29, 0.717) is 5.56 Å². The first-order valence-corrected chi connectivity index (χ1v) is 5.88. The van der Waals surface area contributed by atoms with Crippen LogP contribution in [0.2, 0.25) is 0 Å². The van der Waals surface area contributed by atoms with Crippen molar-refractivity contribution in [1.29, 1.82) is 0 Å². The van der Waals surface area contributed by atoms with Crippen molar-refractivity contribution in [3.05, 3.63) is 46.5 Å². The van der Waals surface area contributed by atoms with Gasteiger partial charge in [-0.15, -0.1) is 0 Å². The van der Waals surface area contributed by atoms with Crippen molar-refractivity contribution in [2.45, 2.75) is 0 Å². The van der Waals surface area contributed by atoms with Gasteiger partial charge in [0.2, 0.25) is 0 Å². The minimum absolute atomic E-state index is 0.0478. The van der Waals surface area contributed by atoms with E-state index in [9.17, 15) is 14.4 Å². The second kappa shape index (κ2) is 5.24. The Balaban J connectivity index is 2.25. The van der Waals surface area contributed by atoms with Gasteiger partial charge in [-0.1, -0.05) is 11.6 Å². The molecular formula is C13H10ClNO4. The Labute approximate surface area is 114 Å². The molecule has 0 fully saturated rings. The number of benzene rings is 1. The number of rotatable bonds is 3. The van der Waals surface area contributed by atoms with Crippen LogP contribution in [0.5, 0.6) is 0 Å². The second-order valence-corrected chi connectivity index (χ2v) is 4.14. The third-order valence-corrected chi connectivity index (χ3v) is 2.90. The molecule has 1 aliphatic rings. The van der Waals surface area contributed by atoms with Crippen LogP contribution in [0.15, 0.2) is 29.8 Å². The number of imide groups is 1. The Kier molecular flexibility index (Phi) is 3.66. The van der Waals surface area contributed by atoms with Gasteiger partial charge in [-0.05, 0) is 24.3 Å². The molecule has 0 saturated carbocycles. The smallest absolute Gasteiger partial charge is 0.338 e. The Hall–Kier alpha value is -2.14. The molecule has 2 rings (SSSR count). The lowest BCUT2D eigenvalue weighted by molar-refractivity contribution is 0.0549. The molecule has 1 heterocycles. The molecule has 6 heteroatoms. The number of fused-ring (bicyclic) bond motifs is 1. The van der Waals surface area contributed by atoms with Crippen LogP contribution in [-0.4, -0.2) is 36.3 Å². The molecule has 0 aliphatic carbocycles. The van der Waals surface area contributed by atoms with Gasteiger partial charge in [0.1, 0.15) is 6.61 Å². The molecule has 98 valence electrons. The van der Waals surface area contributed by atoms with Crippen molar-refractivity contribution in [1.82, 2.24) is 4.90 Å². The van der Waals surface area contributed by atoms with Gasteiger partial charge >= 0.3 is 5.97 Å². The van der Waals surface area contributed by atoms with Gasteiger partial charge in [-0.2, -0.15) is 0 Å². The maximum absolute atomic E-state index is 11.8. The van der Waals surface area contributed by atoms with E-state index in [-0.39, 0.29) is 23.6 Å². The van der Waals surface area contributed by atoms with E-state index in [1.807, 2.05) is 0 Å². The summed E-state index contributed by atoms with van der Waals surface area (Å²) in [6.07, 6.45) is 1.47. The summed E-state index contributed by atoms with van der Waals surface area (Å²) >= 11 is 5.30. The second-order valence-electron chi connectivity index (χ2n) is 3.89. The van der Waals surface area contributed by atoms with Gasteiger partial charge in [0.05, 0.1) is 16.7 Å². The van der Waals surface area contributed by atoms with Crippen LogP contribution >= 0.6 is 11.6 Å². The molecule has 1 aliphatic heterocycles. The molecule has 2 amide bonds. The molecule has 5 nitrogen and oxygen atoms in total. The fraction of sp³-hybridized carbons (Fsp3) is 0.154. The Morgan fingerprint density at radius 3 is 2.68 bits per heavy atom. The fourth-order valence-corrected chi connectivity index (χ4v) is 1.80. The molecule has 0 spiro atoms. The van der Waals surface area contributed by atoms with E-state index >= 15 is 0 Å². The monoisotopic (exact) mass is 279 g/mol. The zero-order chi connectivity index (χ0) is 14.0. The Morgan fingerprint density at radius 2 is 2.00 bits per heavy atom. The summed E-state index contributed by atoms with van der Waals surface area (Å²) in [6, 6.07) is 4.27. The predicted molar refractivity (Wildman–Crippen MR) is 68.1 cm³/mol. The minimum atomic E-state index is -0.577. The normalized spacial score (nSPS) is 14.1. The van der Waals surface area contributed by atoms with Crippen molar-refractivity contribution >= 4 is 29.4 Å². The molecule has 0 N–H and O–H groups in total. The molecule has 1 aromatic rings. The van der Waals surface area contributed by atoms with E-state index in [1.54, 1.807) is 0 Å². The minimum Gasteiger partial charge on any atom is -0.458 e. The van der Waals surface area contributed by atoms with E-state index in [4.69, 9.17) is 16.3 Å². The number of carbonyl (C=O) groups excluding carboxylic acids is 3. The number of hydrogen-bond donors (Lipinski definition) is 0. The topological polar surface area (TPSA) is 63.7 Å². The number of esters is 1. The van der Waals surface area contributed by atoms with Gasteiger partial charge in [-0.3, -0.25) is 14.5 Å². The quantitative estimate of drug-likeness (QED) is 0.625. The third-order valence-electron chi connectivity index (χ3n) is 2.73. The lowest BCUT2D eigenvalue weighted by atomic mass is 10.1. The number of ether oxygens (including phenoxy) is 1. The SMILES string of the molecule is CN1C(=O)c2ccc(C(=O)OCC=CCl)cc2C1=O. The van der Waals surface area contributed by atoms with Crippen LogP contribution in [0.3, 0.4) is 0 Å². The zero-order valence-corrected chi connectivity index (χ0v) is 10.8. The summed E-state index contributed by atoms with van der Waals surface area (Å²) in [5, 5.41) is 0. The third kappa shape index (κ3) is 2.37. The molecule has 0 saturated heterocycles. The summed E-state index contributed by atoms with van der Waals surface area (Å²) in [6.45, 7) is 0.0478. The maximum Gasteiger partial charge on any atom is 0.338 e. The average Bonchev–Trinajstić information content (AvgIpc) is 2.64. The molecule has 0 unspecified atom stereocenters. The van der Waals surface area contributed by atoms with Crippen molar-refractivity contribution in [3.8, 4) is 0 Å².